The Bertz CT molecular complexity index is 270. The van der Waals surface area contributed by atoms with Crippen molar-refractivity contribution in [1.29, 1.82) is 0 Å². The fourth-order valence-electron chi connectivity index (χ4n) is 4.20. The zero-order valence-corrected chi connectivity index (χ0v) is 11.2. The van der Waals surface area contributed by atoms with Crippen LogP contribution in [0.1, 0.15) is 64.7 Å². The molecule has 0 aromatic carbocycles. The van der Waals surface area contributed by atoms with Crippen molar-refractivity contribution in [2.75, 3.05) is 6.54 Å². The van der Waals surface area contributed by atoms with Gasteiger partial charge in [-0.05, 0) is 38.5 Å². The van der Waals surface area contributed by atoms with Crippen LogP contribution in [0.3, 0.4) is 0 Å². The maximum absolute atomic E-state index is 10.8. The molecular formula is C15H27NO. The highest BCUT2D eigenvalue weighted by atomic mass is 16.3. The highest BCUT2D eigenvalue weighted by molar-refractivity contribution is 5.01. The number of rotatable bonds is 3. The topological polar surface area (TPSA) is 23.5 Å². The molecule has 0 aromatic heterocycles. The van der Waals surface area contributed by atoms with E-state index in [-0.39, 0.29) is 5.60 Å². The number of aliphatic hydroxyl groups is 1. The lowest BCUT2D eigenvalue weighted by Crippen LogP contribution is -2.36. The zero-order valence-electron chi connectivity index (χ0n) is 11.2. The molecule has 0 bridgehead atoms. The smallest absolute Gasteiger partial charge is 0.0791 e. The van der Waals surface area contributed by atoms with Crippen molar-refractivity contribution in [1.82, 2.24) is 4.90 Å². The molecule has 98 valence electrons. The molecule has 3 aliphatic rings. The lowest BCUT2D eigenvalue weighted by molar-refractivity contribution is 0.0181. The maximum atomic E-state index is 10.8. The van der Waals surface area contributed by atoms with Crippen molar-refractivity contribution < 1.29 is 5.11 Å². The van der Waals surface area contributed by atoms with Gasteiger partial charge in [-0.25, -0.2) is 0 Å². The van der Waals surface area contributed by atoms with Gasteiger partial charge in [0.1, 0.15) is 0 Å². The van der Waals surface area contributed by atoms with Crippen molar-refractivity contribution in [3.8, 4) is 0 Å². The highest BCUT2D eigenvalue weighted by Gasteiger charge is 2.46. The summed E-state index contributed by atoms with van der Waals surface area (Å²) in [5.74, 6) is 0.806. The molecule has 2 aliphatic carbocycles. The van der Waals surface area contributed by atoms with Crippen molar-refractivity contribution in [3.63, 3.8) is 0 Å². The molecule has 3 fully saturated rings. The van der Waals surface area contributed by atoms with E-state index in [1.54, 1.807) is 0 Å². The Morgan fingerprint density at radius 2 is 1.82 bits per heavy atom. The van der Waals surface area contributed by atoms with Crippen LogP contribution in [-0.2, 0) is 0 Å². The van der Waals surface area contributed by atoms with E-state index in [2.05, 4.69) is 11.8 Å². The molecule has 1 heterocycles. The minimum atomic E-state index is -0.357. The Balaban J connectivity index is 1.57. The second-order valence-electron chi connectivity index (χ2n) is 6.89. The molecule has 2 nitrogen and oxygen atoms in total. The van der Waals surface area contributed by atoms with Crippen LogP contribution in [0.15, 0.2) is 0 Å². The molecule has 1 aliphatic heterocycles. The van der Waals surface area contributed by atoms with Crippen LogP contribution >= 0.6 is 0 Å². The standard InChI is InChI=1S/C15H27NO/c1-12-9-15(17,11-16(12)14-7-8-14)10-13-5-3-2-4-6-13/h12-14,17H,2-11H2,1H3. The van der Waals surface area contributed by atoms with Crippen LogP contribution in [0.25, 0.3) is 0 Å². The van der Waals surface area contributed by atoms with Gasteiger partial charge in [0.2, 0.25) is 0 Å². The maximum Gasteiger partial charge on any atom is 0.0791 e. The van der Waals surface area contributed by atoms with Crippen LogP contribution in [0.2, 0.25) is 0 Å². The summed E-state index contributed by atoms with van der Waals surface area (Å²) in [4.78, 5) is 2.57. The summed E-state index contributed by atoms with van der Waals surface area (Å²) in [7, 11) is 0. The van der Waals surface area contributed by atoms with Gasteiger partial charge in [-0.15, -0.1) is 0 Å². The van der Waals surface area contributed by atoms with Gasteiger partial charge in [-0.3, -0.25) is 4.90 Å². The molecule has 3 rings (SSSR count). The normalized spacial score (nSPS) is 40.9. The number of likely N-dealkylation sites (tertiary alicyclic amines) is 1. The molecular weight excluding hydrogens is 210 g/mol. The molecule has 2 atom stereocenters. The molecule has 2 saturated carbocycles. The predicted octanol–water partition coefficient (Wildman–Crippen LogP) is 2.94. The Morgan fingerprint density at radius 3 is 2.47 bits per heavy atom. The molecule has 2 unspecified atom stereocenters. The average molecular weight is 237 g/mol. The van der Waals surface area contributed by atoms with Crippen molar-refractivity contribution in [2.24, 2.45) is 5.92 Å². The summed E-state index contributed by atoms with van der Waals surface area (Å²) in [5.41, 5.74) is -0.357. The molecule has 1 N–H and O–H groups in total. The molecule has 0 spiro atoms. The Morgan fingerprint density at radius 1 is 1.12 bits per heavy atom. The van der Waals surface area contributed by atoms with Crippen molar-refractivity contribution in [2.45, 2.75) is 82.4 Å². The van der Waals surface area contributed by atoms with Gasteiger partial charge in [0.25, 0.3) is 0 Å². The first-order valence-corrected chi connectivity index (χ1v) is 7.64. The van der Waals surface area contributed by atoms with E-state index in [0.717, 1.165) is 31.3 Å². The van der Waals surface area contributed by atoms with Gasteiger partial charge in [-0.1, -0.05) is 32.1 Å². The van der Waals surface area contributed by atoms with E-state index < -0.39 is 0 Å². The van der Waals surface area contributed by atoms with Gasteiger partial charge >= 0.3 is 0 Å². The Hall–Kier alpha value is -0.0800. The predicted molar refractivity (Wildman–Crippen MR) is 69.9 cm³/mol. The minimum Gasteiger partial charge on any atom is -0.388 e. The fourth-order valence-corrected chi connectivity index (χ4v) is 4.20. The summed E-state index contributed by atoms with van der Waals surface area (Å²) >= 11 is 0. The third kappa shape index (κ3) is 2.68. The van der Waals surface area contributed by atoms with Gasteiger partial charge in [0.05, 0.1) is 5.60 Å². The summed E-state index contributed by atoms with van der Waals surface area (Å²) in [6.45, 7) is 3.26. The molecule has 1 saturated heterocycles. The summed E-state index contributed by atoms with van der Waals surface area (Å²) in [6.07, 6.45) is 11.7. The summed E-state index contributed by atoms with van der Waals surface area (Å²) < 4.78 is 0. The first kappa shape index (κ1) is 12.0. The molecule has 2 heteroatoms. The fraction of sp³-hybridized carbons (Fsp3) is 1.00. The van der Waals surface area contributed by atoms with Crippen molar-refractivity contribution in [3.05, 3.63) is 0 Å². The lowest BCUT2D eigenvalue weighted by atomic mass is 9.80. The number of hydrogen-bond donors (Lipinski definition) is 1. The second kappa shape index (κ2) is 4.55. The van der Waals surface area contributed by atoms with Crippen LogP contribution in [0, 0.1) is 5.92 Å². The van der Waals surface area contributed by atoms with E-state index in [1.165, 1.54) is 44.9 Å². The van der Waals surface area contributed by atoms with E-state index in [0.29, 0.717) is 6.04 Å². The van der Waals surface area contributed by atoms with Gasteiger partial charge in [-0.2, -0.15) is 0 Å². The van der Waals surface area contributed by atoms with Crippen LogP contribution in [-0.4, -0.2) is 34.2 Å². The van der Waals surface area contributed by atoms with E-state index >= 15 is 0 Å². The van der Waals surface area contributed by atoms with E-state index in [9.17, 15) is 5.11 Å². The summed E-state index contributed by atoms with van der Waals surface area (Å²) in [5, 5.41) is 10.8. The van der Waals surface area contributed by atoms with Crippen molar-refractivity contribution >= 4 is 0 Å². The quantitative estimate of drug-likeness (QED) is 0.816. The van der Waals surface area contributed by atoms with Gasteiger partial charge in [0, 0.05) is 18.6 Å². The first-order chi connectivity index (χ1) is 8.16. The third-order valence-electron chi connectivity index (χ3n) is 5.13. The Kier molecular flexibility index (Phi) is 3.20. The largest absolute Gasteiger partial charge is 0.388 e. The third-order valence-corrected chi connectivity index (χ3v) is 5.13. The van der Waals surface area contributed by atoms with Gasteiger partial charge in [0.15, 0.2) is 0 Å². The number of nitrogens with zero attached hydrogens (tertiary/aromatic N) is 1. The molecule has 0 aromatic rings. The second-order valence-corrected chi connectivity index (χ2v) is 6.89. The zero-order chi connectivity index (χ0) is 11.9. The SMILES string of the molecule is CC1CC(O)(CC2CCCCC2)CN1C1CC1. The van der Waals surface area contributed by atoms with Gasteiger partial charge < -0.3 is 5.11 Å². The lowest BCUT2D eigenvalue weighted by Gasteiger charge is -2.30. The van der Waals surface area contributed by atoms with Crippen LogP contribution < -0.4 is 0 Å². The number of hydrogen-bond acceptors (Lipinski definition) is 2. The average Bonchev–Trinajstić information content (AvgIpc) is 3.07. The summed E-state index contributed by atoms with van der Waals surface area (Å²) in [6, 6.07) is 1.42. The monoisotopic (exact) mass is 237 g/mol. The Labute approximate surface area is 105 Å². The van der Waals surface area contributed by atoms with Crippen LogP contribution in [0.4, 0.5) is 0 Å². The molecule has 17 heavy (non-hydrogen) atoms. The number of β-amino-alcohol motifs (C(OH)–C–C–N with tert-alkyl or cyclic N) is 1. The van der Waals surface area contributed by atoms with Crippen LogP contribution in [0.5, 0.6) is 0 Å². The first-order valence-electron chi connectivity index (χ1n) is 7.64. The highest BCUT2D eigenvalue weighted by Crippen LogP contribution is 2.41. The van der Waals surface area contributed by atoms with E-state index in [4.69, 9.17) is 0 Å². The van der Waals surface area contributed by atoms with E-state index in [1.807, 2.05) is 0 Å². The minimum absolute atomic E-state index is 0.357. The molecule has 0 amide bonds. The molecule has 0 radical (unpaired) electrons.